The number of rotatable bonds is 9. The van der Waals surface area contributed by atoms with Gasteiger partial charge in [0.05, 0.1) is 27.0 Å². The summed E-state index contributed by atoms with van der Waals surface area (Å²) in [7, 11) is -3.94. The van der Waals surface area contributed by atoms with Crippen LogP contribution < -0.4 is 9.62 Å². The molecule has 3 rings (SSSR count). The van der Waals surface area contributed by atoms with Crippen LogP contribution in [0.4, 0.5) is 5.69 Å². The van der Waals surface area contributed by atoms with E-state index in [4.69, 9.17) is 34.8 Å². The zero-order valence-electron chi connectivity index (χ0n) is 19.5. The molecule has 2 aromatic carbocycles. The van der Waals surface area contributed by atoms with Gasteiger partial charge < -0.3 is 10.2 Å². The fraction of sp³-hybridized carbons (Fsp3) is 0.417. The van der Waals surface area contributed by atoms with Gasteiger partial charge in [0.2, 0.25) is 21.8 Å². The van der Waals surface area contributed by atoms with Crippen LogP contribution in [0, 0.1) is 0 Å². The normalized spacial score (nSPS) is 15.0. The van der Waals surface area contributed by atoms with Crippen molar-refractivity contribution < 1.29 is 18.0 Å². The van der Waals surface area contributed by atoms with E-state index in [2.05, 4.69) is 5.32 Å². The third-order valence-electron chi connectivity index (χ3n) is 6.00. The van der Waals surface area contributed by atoms with Gasteiger partial charge in [-0.3, -0.25) is 13.9 Å². The lowest BCUT2D eigenvalue weighted by molar-refractivity contribution is -0.139. The first-order valence-electron chi connectivity index (χ1n) is 11.2. The van der Waals surface area contributed by atoms with E-state index in [1.54, 1.807) is 6.92 Å². The van der Waals surface area contributed by atoms with Crippen molar-refractivity contribution >= 4 is 62.3 Å². The van der Waals surface area contributed by atoms with E-state index in [0.717, 1.165) is 41.8 Å². The van der Waals surface area contributed by atoms with Crippen molar-refractivity contribution in [3.8, 4) is 0 Å². The van der Waals surface area contributed by atoms with Gasteiger partial charge in [-0.15, -0.1) is 0 Å². The summed E-state index contributed by atoms with van der Waals surface area (Å²) in [6.07, 6.45) is 4.89. The fourth-order valence-corrected chi connectivity index (χ4v) is 5.60. The zero-order chi connectivity index (χ0) is 25.8. The minimum Gasteiger partial charge on any atom is -0.352 e. The van der Waals surface area contributed by atoms with E-state index in [9.17, 15) is 18.0 Å². The van der Waals surface area contributed by atoms with Crippen molar-refractivity contribution in [2.45, 2.75) is 51.2 Å². The largest absolute Gasteiger partial charge is 0.352 e. The van der Waals surface area contributed by atoms with Crippen LogP contribution in [0.3, 0.4) is 0 Å². The van der Waals surface area contributed by atoms with Gasteiger partial charge in [0.1, 0.15) is 12.6 Å². The van der Waals surface area contributed by atoms with Crippen molar-refractivity contribution in [2.24, 2.45) is 0 Å². The van der Waals surface area contributed by atoms with Crippen LogP contribution in [0.2, 0.25) is 15.1 Å². The highest BCUT2D eigenvalue weighted by Crippen LogP contribution is 2.35. The molecule has 35 heavy (non-hydrogen) atoms. The van der Waals surface area contributed by atoms with Crippen LogP contribution in [0.25, 0.3) is 0 Å². The fourth-order valence-electron chi connectivity index (χ4n) is 4.05. The highest BCUT2D eigenvalue weighted by molar-refractivity contribution is 7.92. The van der Waals surface area contributed by atoms with Gasteiger partial charge in [0, 0.05) is 12.6 Å². The average Bonchev–Trinajstić information content (AvgIpc) is 3.31. The number of benzene rings is 2. The summed E-state index contributed by atoms with van der Waals surface area (Å²) in [4.78, 5) is 28.0. The lowest BCUT2D eigenvalue weighted by atomic mass is 10.1. The molecular weight excluding hydrogens is 533 g/mol. The van der Waals surface area contributed by atoms with Crippen LogP contribution in [0.5, 0.6) is 0 Å². The van der Waals surface area contributed by atoms with Gasteiger partial charge in [0.25, 0.3) is 0 Å². The van der Waals surface area contributed by atoms with Crippen LogP contribution in [-0.4, -0.2) is 50.0 Å². The highest BCUT2D eigenvalue weighted by Gasteiger charge is 2.32. The third-order valence-corrected chi connectivity index (χ3v) is 8.15. The molecule has 7 nitrogen and oxygen atoms in total. The number of amides is 2. The molecule has 0 bridgehead atoms. The maximum Gasteiger partial charge on any atom is 0.244 e. The molecule has 190 valence electrons. The Morgan fingerprint density at radius 1 is 1.03 bits per heavy atom. The molecule has 0 spiro atoms. The van der Waals surface area contributed by atoms with E-state index >= 15 is 0 Å². The Bertz CT molecular complexity index is 1170. The first-order chi connectivity index (χ1) is 16.5. The maximum atomic E-state index is 13.6. The first-order valence-corrected chi connectivity index (χ1v) is 14.2. The average molecular weight is 561 g/mol. The van der Waals surface area contributed by atoms with Gasteiger partial charge in [-0.1, -0.05) is 78.0 Å². The van der Waals surface area contributed by atoms with E-state index in [0.29, 0.717) is 0 Å². The molecule has 1 fully saturated rings. The van der Waals surface area contributed by atoms with Crippen LogP contribution in [0.15, 0.2) is 42.5 Å². The molecule has 0 heterocycles. The van der Waals surface area contributed by atoms with E-state index in [1.807, 2.05) is 30.3 Å². The second-order valence-electron chi connectivity index (χ2n) is 8.66. The van der Waals surface area contributed by atoms with Gasteiger partial charge in [-0.25, -0.2) is 8.42 Å². The number of carbonyl (C=O) groups is 2. The molecule has 0 unspecified atom stereocenters. The number of hydrogen-bond donors (Lipinski definition) is 1. The SMILES string of the molecule is C[C@@H](C(=O)NC1CCCC1)N(Cc1ccccc1)C(=O)CN(c1cc(Cl)c(Cl)cc1Cl)S(C)(=O)=O. The Kier molecular flexibility index (Phi) is 9.32. The molecule has 1 aliphatic rings. The second kappa shape index (κ2) is 11.8. The van der Waals surface area contributed by atoms with Crippen molar-refractivity contribution in [3.05, 3.63) is 63.1 Å². The van der Waals surface area contributed by atoms with Gasteiger partial charge in [-0.05, 0) is 37.5 Å². The lowest BCUT2D eigenvalue weighted by Crippen LogP contribution is -2.52. The quantitative estimate of drug-likeness (QED) is 0.443. The molecule has 2 aromatic rings. The molecule has 1 aliphatic carbocycles. The molecule has 0 aliphatic heterocycles. The summed E-state index contributed by atoms with van der Waals surface area (Å²) < 4.78 is 26.2. The van der Waals surface area contributed by atoms with Gasteiger partial charge >= 0.3 is 0 Å². The number of anilines is 1. The minimum absolute atomic E-state index is 0.0271. The molecule has 0 radical (unpaired) electrons. The molecule has 2 amide bonds. The Balaban J connectivity index is 1.91. The van der Waals surface area contributed by atoms with E-state index < -0.39 is 28.5 Å². The summed E-state index contributed by atoms with van der Waals surface area (Å²) in [5.74, 6) is -0.838. The number of hydrogen-bond acceptors (Lipinski definition) is 4. The minimum atomic E-state index is -3.94. The summed E-state index contributed by atoms with van der Waals surface area (Å²) in [6, 6.07) is 11.1. The van der Waals surface area contributed by atoms with Crippen LogP contribution >= 0.6 is 34.8 Å². The van der Waals surface area contributed by atoms with E-state index in [1.165, 1.54) is 17.0 Å². The molecular formula is C24H28Cl3N3O4S. The van der Waals surface area contributed by atoms with Gasteiger partial charge in [-0.2, -0.15) is 0 Å². The van der Waals surface area contributed by atoms with Crippen molar-refractivity contribution in [3.63, 3.8) is 0 Å². The summed E-state index contributed by atoms with van der Waals surface area (Å²) in [5.41, 5.74) is 0.833. The zero-order valence-corrected chi connectivity index (χ0v) is 22.6. The number of sulfonamides is 1. The summed E-state index contributed by atoms with van der Waals surface area (Å²) in [6.45, 7) is 1.21. The molecule has 1 atom stereocenters. The summed E-state index contributed by atoms with van der Waals surface area (Å²) in [5, 5.41) is 3.30. The lowest BCUT2D eigenvalue weighted by Gasteiger charge is -2.32. The number of carbonyl (C=O) groups excluding carboxylic acids is 2. The molecule has 1 saturated carbocycles. The molecule has 11 heteroatoms. The van der Waals surface area contributed by atoms with Crippen LogP contribution in [-0.2, 0) is 26.2 Å². The molecule has 0 aromatic heterocycles. The van der Waals surface area contributed by atoms with Gasteiger partial charge in [0.15, 0.2) is 0 Å². The Morgan fingerprint density at radius 2 is 1.63 bits per heavy atom. The molecule has 1 N–H and O–H groups in total. The van der Waals surface area contributed by atoms with E-state index in [-0.39, 0.29) is 39.2 Å². The number of nitrogens with zero attached hydrogens (tertiary/aromatic N) is 2. The Morgan fingerprint density at radius 3 is 2.23 bits per heavy atom. The van der Waals surface area contributed by atoms with Crippen molar-refractivity contribution in [1.82, 2.24) is 10.2 Å². The maximum absolute atomic E-state index is 13.6. The van der Waals surface area contributed by atoms with Crippen molar-refractivity contribution in [2.75, 3.05) is 17.1 Å². The summed E-state index contributed by atoms with van der Waals surface area (Å²) >= 11 is 18.4. The Labute approximate surface area is 221 Å². The van der Waals surface area contributed by atoms with Crippen molar-refractivity contribution in [1.29, 1.82) is 0 Å². The number of halogens is 3. The molecule has 0 saturated heterocycles. The third kappa shape index (κ3) is 7.26. The topological polar surface area (TPSA) is 86.8 Å². The van der Waals surface area contributed by atoms with Crippen LogP contribution in [0.1, 0.15) is 38.2 Å². The predicted molar refractivity (Wildman–Crippen MR) is 141 cm³/mol. The highest BCUT2D eigenvalue weighted by atomic mass is 35.5. The Hall–Kier alpha value is -2.00. The number of nitrogens with one attached hydrogen (secondary N) is 1. The smallest absolute Gasteiger partial charge is 0.244 e. The second-order valence-corrected chi connectivity index (χ2v) is 11.8. The first kappa shape index (κ1) is 27.6. The standard InChI is InChI=1S/C24H28Cl3N3O4S/c1-16(24(32)28-18-10-6-7-11-18)29(14-17-8-4-3-5-9-17)23(31)15-30(35(2,33)34)22-13-20(26)19(25)12-21(22)27/h3-5,8-9,12-13,16,18H,6-7,10-11,14-15H2,1-2H3,(H,28,32)/t16-/m0/s1. The monoisotopic (exact) mass is 559 g/mol. The predicted octanol–water partition coefficient (Wildman–Crippen LogP) is 4.89.